The van der Waals surface area contributed by atoms with Crippen molar-refractivity contribution in [2.45, 2.75) is 12.8 Å². The second-order valence-electron chi connectivity index (χ2n) is 5.70. The quantitative estimate of drug-likeness (QED) is 0.542. The molecular formula is C18H13N5. The summed E-state index contributed by atoms with van der Waals surface area (Å²) in [7, 11) is 0. The Kier molecular flexibility index (Phi) is 2.55. The van der Waals surface area contributed by atoms with Crippen molar-refractivity contribution in [2.24, 2.45) is 0 Å². The number of aryl methyl sites for hydroxylation is 2. The van der Waals surface area contributed by atoms with E-state index in [0.29, 0.717) is 0 Å². The average Bonchev–Trinajstić information content (AvgIpc) is 3.03. The molecule has 3 aromatic heterocycles. The number of benzene rings is 1. The van der Waals surface area contributed by atoms with Crippen LogP contribution in [0.15, 0.2) is 54.9 Å². The van der Waals surface area contributed by atoms with Gasteiger partial charge in [-0.15, -0.1) is 10.2 Å². The lowest BCUT2D eigenvalue weighted by molar-refractivity contribution is 0.871. The van der Waals surface area contributed by atoms with Gasteiger partial charge in [0.2, 0.25) is 0 Å². The minimum Gasteiger partial charge on any atom is -0.265 e. The molecule has 5 nitrogen and oxygen atoms in total. The van der Waals surface area contributed by atoms with Crippen molar-refractivity contribution in [2.75, 3.05) is 0 Å². The normalized spacial score (nSPS) is 12.9. The number of pyridine rings is 1. The molecule has 0 radical (unpaired) electrons. The van der Waals surface area contributed by atoms with Gasteiger partial charge in [0.25, 0.3) is 0 Å². The van der Waals surface area contributed by atoms with Crippen molar-refractivity contribution in [3.8, 4) is 22.6 Å². The van der Waals surface area contributed by atoms with Crippen LogP contribution in [0.25, 0.3) is 28.3 Å². The van der Waals surface area contributed by atoms with E-state index >= 15 is 0 Å². The van der Waals surface area contributed by atoms with Crippen LogP contribution in [-0.4, -0.2) is 24.8 Å². The zero-order valence-corrected chi connectivity index (χ0v) is 12.3. The van der Waals surface area contributed by atoms with Crippen molar-refractivity contribution >= 4 is 5.65 Å². The van der Waals surface area contributed by atoms with Gasteiger partial charge in [-0.1, -0.05) is 24.3 Å². The van der Waals surface area contributed by atoms with Crippen LogP contribution in [0.1, 0.15) is 11.1 Å². The van der Waals surface area contributed by atoms with Crippen molar-refractivity contribution in [1.82, 2.24) is 24.8 Å². The van der Waals surface area contributed by atoms with Gasteiger partial charge in [-0.05, 0) is 42.2 Å². The molecule has 0 fully saturated rings. The Bertz CT molecular complexity index is 1020. The Morgan fingerprint density at radius 2 is 1.70 bits per heavy atom. The molecule has 0 atom stereocenters. The molecule has 110 valence electrons. The average molecular weight is 299 g/mol. The highest BCUT2D eigenvalue weighted by atomic mass is 15.4. The van der Waals surface area contributed by atoms with Gasteiger partial charge in [-0.2, -0.15) is 9.61 Å². The summed E-state index contributed by atoms with van der Waals surface area (Å²) in [6, 6.07) is 14.4. The summed E-state index contributed by atoms with van der Waals surface area (Å²) in [6.45, 7) is 0. The molecule has 0 unspecified atom stereocenters. The summed E-state index contributed by atoms with van der Waals surface area (Å²) in [4.78, 5) is 4.06. The van der Waals surface area contributed by atoms with E-state index in [-0.39, 0.29) is 0 Å². The van der Waals surface area contributed by atoms with E-state index in [0.717, 1.165) is 35.6 Å². The Balaban J connectivity index is 1.78. The maximum absolute atomic E-state index is 4.86. The van der Waals surface area contributed by atoms with Gasteiger partial charge in [-0.3, -0.25) is 4.98 Å². The topological polar surface area (TPSA) is 56.0 Å². The Morgan fingerprint density at radius 3 is 2.61 bits per heavy atom. The first-order valence-electron chi connectivity index (χ1n) is 7.64. The monoisotopic (exact) mass is 299 g/mol. The molecule has 0 spiro atoms. The van der Waals surface area contributed by atoms with E-state index in [1.54, 1.807) is 12.4 Å². The van der Waals surface area contributed by atoms with Gasteiger partial charge in [0.1, 0.15) is 0 Å². The van der Waals surface area contributed by atoms with E-state index in [2.05, 4.69) is 45.5 Å². The molecule has 1 aliphatic rings. The summed E-state index contributed by atoms with van der Waals surface area (Å²) in [6.07, 6.45) is 5.55. The number of rotatable bonds is 1. The lowest BCUT2D eigenvalue weighted by atomic mass is 9.89. The molecular weight excluding hydrogens is 286 g/mol. The zero-order chi connectivity index (χ0) is 15.2. The largest absolute Gasteiger partial charge is 0.265 e. The van der Waals surface area contributed by atoms with Crippen molar-refractivity contribution in [3.05, 3.63) is 66.0 Å². The zero-order valence-electron chi connectivity index (χ0n) is 12.3. The first kappa shape index (κ1) is 12.5. The highest BCUT2D eigenvalue weighted by Gasteiger charge is 2.20. The third-order valence-corrected chi connectivity index (χ3v) is 4.35. The molecule has 0 saturated heterocycles. The fourth-order valence-corrected chi connectivity index (χ4v) is 3.21. The summed E-state index contributed by atoms with van der Waals surface area (Å²) >= 11 is 0. The molecule has 0 aliphatic heterocycles. The van der Waals surface area contributed by atoms with Gasteiger partial charge >= 0.3 is 0 Å². The fraction of sp³-hybridized carbons (Fsp3) is 0.111. The lowest BCUT2D eigenvalue weighted by Gasteiger charge is -2.18. The number of fused-ring (bicyclic) bond motifs is 4. The number of hydrogen-bond acceptors (Lipinski definition) is 4. The van der Waals surface area contributed by atoms with Crippen molar-refractivity contribution in [3.63, 3.8) is 0 Å². The van der Waals surface area contributed by atoms with E-state index < -0.39 is 0 Å². The van der Waals surface area contributed by atoms with Crippen LogP contribution in [0.2, 0.25) is 0 Å². The third kappa shape index (κ3) is 1.86. The van der Waals surface area contributed by atoms with Crippen molar-refractivity contribution < 1.29 is 0 Å². The van der Waals surface area contributed by atoms with Crippen LogP contribution in [0, 0.1) is 0 Å². The number of nitrogens with zero attached hydrogens (tertiary/aromatic N) is 5. The SMILES string of the molecule is c1ccc2c(c1)CCc1cc3nnc(-c4ccncc4)n3nc1-2. The predicted octanol–water partition coefficient (Wildman–Crippen LogP) is 2.95. The molecule has 4 aromatic rings. The molecule has 0 amide bonds. The fourth-order valence-electron chi connectivity index (χ4n) is 3.21. The van der Waals surface area contributed by atoms with Crippen LogP contribution in [0.4, 0.5) is 0 Å². The molecule has 0 saturated carbocycles. The van der Waals surface area contributed by atoms with E-state index in [9.17, 15) is 0 Å². The second-order valence-corrected chi connectivity index (χ2v) is 5.70. The Labute approximate surface area is 132 Å². The summed E-state index contributed by atoms with van der Waals surface area (Å²) in [5, 5.41) is 13.5. The van der Waals surface area contributed by atoms with Crippen LogP contribution >= 0.6 is 0 Å². The van der Waals surface area contributed by atoms with Crippen LogP contribution in [0.3, 0.4) is 0 Å². The van der Waals surface area contributed by atoms with E-state index in [4.69, 9.17) is 5.10 Å². The molecule has 5 rings (SSSR count). The van der Waals surface area contributed by atoms with Crippen LogP contribution in [0.5, 0.6) is 0 Å². The highest BCUT2D eigenvalue weighted by Crippen LogP contribution is 2.32. The van der Waals surface area contributed by atoms with Gasteiger partial charge in [0, 0.05) is 23.5 Å². The highest BCUT2D eigenvalue weighted by molar-refractivity contribution is 5.71. The van der Waals surface area contributed by atoms with Crippen LogP contribution < -0.4 is 0 Å². The molecule has 5 heteroatoms. The van der Waals surface area contributed by atoms with Gasteiger partial charge in [0.05, 0.1) is 5.69 Å². The van der Waals surface area contributed by atoms with E-state index in [1.165, 1.54) is 16.7 Å². The first-order chi connectivity index (χ1) is 11.4. The molecule has 0 bridgehead atoms. The van der Waals surface area contributed by atoms with Gasteiger partial charge in [0.15, 0.2) is 11.5 Å². The summed E-state index contributed by atoms with van der Waals surface area (Å²) < 4.78 is 1.83. The first-order valence-corrected chi connectivity index (χ1v) is 7.64. The minimum atomic E-state index is 0.744. The van der Waals surface area contributed by atoms with Gasteiger partial charge < -0.3 is 0 Å². The van der Waals surface area contributed by atoms with Crippen molar-refractivity contribution in [1.29, 1.82) is 0 Å². The third-order valence-electron chi connectivity index (χ3n) is 4.35. The maximum atomic E-state index is 4.86. The number of aromatic nitrogens is 5. The summed E-state index contributed by atoms with van der Waals surface area (Å²) in [5.74, 6) is 0.744. The van der Waals surface area contributed by atoms with E-state index in [1.807, 2.05) is 16.6 Å². The Hall–Kier alpha value is -3.08. The predicted molar refractivity (Wildman–Crippen MR) is 86.9 cm³/mol. The van der Waals surface area contributed by atoms with Gasteiger partial charge in [-0.25, -0.2) is 0 Å². The summed E-state index contributed by atoms with van der Waals surface area (Å²) in [5.41, 5.74) is 6.59. The smallest absolute Gasteiger partial charge is 0.185 e. The lowest BCUT2D eigenvalue weighted by Crippen LogP contribution is -2.09. The molecule has 23 heavy (non-hydrogen) atoms. The maximum Gasteiger partial charge on any atom is 0.185 e. The van der Waals surface area contributed by atoms with Crippen LogP contribution in [-0.2, 0) is 12.8 Å². The molecule has 1 aromatic carbocycles. The Morgan fingerprint density at radius 1 is 0.870 bits per heavy atom. The standard InChI is InChI=1S/C18H13N5/c1-2-4-15-12(3-1)5-6-14-11-16-20-21-18(23(16)22-17(14)15)13-7-9-19-10-8-13/h1-4,7-11H,5-6H2. The molecule has 0 N–H and O–H groups in total. The molecule has 3 heterocycles. The second kappa shape index (κ2) is 4.71. The minimum absolute atomic E-state index is 0.744. The number of hydrogen-bond donors (Lipinski definition) is 0. The molecule has 1 aliphatic carbocycles.